The smallest absolute Gasteiger partial charge is 0.228 e. The summed E-state index contributed by atoms with van der Waals surface area (Å²) in [7, 11) is 0. The van der Waals surface area contributed by atoms with Gasteiger partial charge in [-0.3, -0.25) is 9.59 Å². The van der Waals surface area contributed by atoms with Crippen molar-refractivity contribution in [1.29, 1.82) is 0 Å². The molecule has 0 bridgehead atoms. The molecule has 6 heteroatoms. The molecule has 2 aliphatic heterocycles. The summed E-state index contributed by atoms with van der Waals surface area (Å²) in [5, 5.41) is 16.0. The van der Waals surface area contributed by atoms with Crippen molar-refractivity contribution >= 4 is 17.5 Å². The second kappa shape index (κ2) is 11.5. The van der Waals surface area contributed by atoms with Crippen molar-refractivity contribution in [2.75, 3.05) is 18.5 Å². The van der Waals surface area contributed by atoms with Crippen LogP contribution in [-0.2, 0) is 9.59 Å². The molecular weight excluding hydrogens is 450 g/mol. The lowest BCUT2D eigenvalue weighted by molar-refractivity contribution is -0.139. The fraction of sp³-hybridized carbons (Fsp3) is 0.533. The SMILES string of the molecule is O=C(CCCCCO)NC1CCCC[C@@H]1C(=O)N1CC[C@@H]2[C@H](c3ccccc3)Nc3ccccc3[C@@H]21. The molecule has 1 unspecified atom stereocenters. The number of fused-ring (bicyclic) bond motifs is 3. The van der Waals surface area contributed by atoms with E-state index in [4.69, 9.17) is 5.11 Å². The van der Waals surface area contributed by atoms with Gasteiger partial charge in [-0.05, 0) is 49.3 Å². The standard InChI is InChI=1S/C30H39N3O3/c34-20-10-2-5-17-27(35)31-26-16-9-7-14-23(26)30(36)33-19-18-24-28(21-11-3-1-4-12-21)32-25-15-8-6-13-22(25)29(24)33/h1,3-4,6,8,11-13,15,23-24,26,28-29,32,34H,2,5,7,9-10,14,16-20H2,(H,31,35)/t23-,24+,26?,28-,29-/m0/s1. The minimum atomic E-state index is -0.156. The second-order valence-corrected chi connectivity index (χ2v) is 10.6. The molecule has 192 valence electrons. The molecule has 2 heterocycles. The molecular formula is C30H39N3O3. The lowest BCUT2D eigenvalue weighted by Gasteiger charge is -2.42. The Balaban J connectivity index is 1.35. The van der Waals surface area contributed by atoms with Gasteiger partial charge in [0.2, 0.25) is 11.8 Å². The van der Waals surface area contributed by atoms with Gasteiger partial charge in [-0.25, -0.2) is 0 Å². The normalized spacial score (nSPS) is 27.0. The number of para-hydroxylation sites is 1. The van der Waals surface area contributed by atoms with E-state index in [1.165, 1.54) is 11.1 Å². The van der Waals surface area contributed by atoms with Gasteiger partial charge in [-0.2, -0.15) is 0 Å². The predicted octanol–water partition coefficient (Wildman–Crippen LogP) is 4.97. The van der Waals surface area contributed by atoms with Crippen LogP contribution in [0, 0.1) is 11.8 Å². The molecule has 0 spiro atoms. The number of carbonyl (C=O) groups is 2. The van der Waals surface area contributed by atoms with Crippen LogP contribution < -0.4 is 10.6 Å². The lowest BCUT2D eigenvalue weighted by Crippen LogP contribution is -2.50. The van der Waals surface area contributed by atoms with E-state index in [1.807, 2.05) is 6.07 Å². The van der Waals surface area contributed by atoms with Crippen LogP contribution in [0.5, 0.6) is 0 Å². The lowest BCUT2D eigenvalue weighted by atomic mass is 9.79. The van der Waals surface area contributed by atoms with E-state index in [1.54, 1.807) is 0 Å². The molecule has 2 aromatic rings. The van der Waals surface area contributed by atoms with Gasteiger partial charge < -0.3 is 20.6 Å². The van der Waals surface area contributed by atoms with Crippen LogP contribution >= 0.6 is 0 Å². The highest BCUT2D eigenvalue weighted by atomic mass is 16.3. The maximum Gasteiger partial charge on any atom is 0.228 e. The van der Waals surface area contributed by atoms with Gasteiger partial charge in [0, 0.05) is 37.2 Å². The van der Waals surface area contributed by atoms with E-state index in [-0.39, 0.29) is 42.5 Å². The number of hydrogen-bond donors (Lipinski definition) is 3. The van der Waals surface area contributed by atoms with Crippen LogP contribution in [0.3, 0.4) is 0 Å². The van der Waals surface area contributed by atoms with Gasteiger partial charge in [-0.15, -0.1) is 0 Å². The number of carbonyl (C=O) groups excluding carboxylic acids is 2. The summed E-state index contributed by atoms with van der Waals surface area (Å²) >= 11 is 0. The Morgan fingerprint density at radius 3 is 2.56 bits per heavy atom. The molecule has 1 saturated heterocycles. The number of nitrogens with zero attached hydrogens (tertiary/aromatic N) is 1. The molecule has 2 fully saturated rings. The number of hydrogen-bond acceptors (Lipinski definition) is 4. The van der Waals surface area contributed by atoms with Crippen molar-refractivity contribution in [1.82, 2.24) is 10.2 Å². The van der Waals surface area contributed by atoms with E-state index in [0.717, 1.165) is 63.6 Å². The van der Waals surface area contributed by atoms with Crippen LogP contribution in [0.1, 0.15) is 81.0 Å². The topological polar surface area (TPSA) is 81.7 Å². The zero-order valence-electron chi connectivity index (χ0n) is 21.1. The van der Waals surface area contributed by atoms with E-state index in [0.29, 0.717) is 12.3 Å². The first-order chi connectivity index (χ1) is 17.7. The third-order valence-electron chi connectivity index (χ3n) is 8.40. The number of nitrogens with one attached hydrogen (secondary N) is 2. The van der Waals surface area contributed by atoms with Crippen molar-refractivity contribution in [2.24, 2.45) is 11.8 Å². The van der Waals surface area contributed by atoms with Gasteiger partial charge in [0.25, 0.3) is 0 Å². The van der Waals surface area contributed by atoms with E-state index in [2.05, 4.69) is 64.1 Å². The van der Waals surface area contributed by atoms with E-state index >= 15 is 0 Å². The Morgan fingerprint density at radius 1 is 0.944 bits per heavy atom. The number of aliphatic hydroxyl groups is 1. The Morgan fingerprint density at radius 2 is 1.72 bits per heavy atom. The van der Waals surface area contributed by atoms with E-state index in [9.17, 15) is 9.59 Å². The molecule has 2 aromatic carbocycles. The summed E-state index contributed by atoms with van der Waals surface area (Å²) in [6.45, 7) is 0.925. The molecule has 6 nitrogen and oxygen atoms in total. The fourth-order valence-electron chi connectivity index (χ4n) is 6.63. The quantitative estimate of drug-likeness (QED) is 0.457. The number of benzene rings is 2. The zero-order valence-corrected chi connectivity index (χ0v) is 21.1. The van der Waals surface area contributed by atoms with Gasteiger partial charge in [0.1, 0.15) is 0 Å². The van der Waals surface area contributed by atoms with Crippen LogP contribution in [-0.4, -0.2) is 41.0 Å². The number of anilines is 1. The average molecular weight is 490 g/mol. The summed E-state index contributed by atoms with van der Waals surface area (Å²) in [5.41, 5.74) is 3.59. The Kier molecular flexibility index (Phi) is 7.90. The van der Waals surface area contributed by atoms with Crippen molar-refractivity contribution in [3.8, 4) is 0 Å². The minimum Gasteiger partial charge on any atom is -0.396 e. The first kappa shape index (κ1) is 24.8. The first-order valence-corrected chi connectivity index (χ1v) is 13.8. The summed E-state index contributed by atoms with van der Waals surface area (Å²) in [6.07, 6.45) is 7.57. The number of aliphatic hydroxyl groups excluding tert-OH is 1. The minimum absolute atomic E-state index is 0.0355. The van der Waals surface area contributed by atoms with Crippen molar-refractivity contribution < 1.29 is 14.7 Å². The fourth-order valence-corrected chi connectivity index (χ4v) is 6.63. The molecule has 0 radical (unpaired) electrons. The monoisotopic (exact) mass is 489 g/mol. The Hall–Kier alpha value is -2.86. The average Bonchev–Trinajstić information content (AvgIpc) is 3.37. The molecule has 3 N–H and O–H groups in total. The maximum atomic E-state index is 14.1. The highest BCUT2D eigenvalue weighted by molar-refractivity contribution is 5.83. The Labute approximate surface area is 214 Å². The van der Waals surface area contributed by atoms with Crippen molar-refractivity contribution in [2.45, 2.75) is 75.9 Å². The molecule has 1 aliphatic carbocycles. The Bertz CT molecular complexity index is 1040. The third kappa shape index (κ3) is 5.15. The number of amides is 2. The number of likely N-dealkylation sites (tertiary alicyclic amines) is 1. The van der Waals surface area contributed by atoms with Crippen molar-refractivity contribution in [3.63, 3.8) is 0 Å². The maximum absolute atomic E-state index is 14.1. The van der Waals surface area contributed by atoms with Crippen LogP contribution in [0.25, 0.3) is 0 Å². The molecule has 0 aromatic heterocycles. The van der Waals surface area contributed by atoms with Crippen LogP contribution in [0.2, 0.25) is 0 Å². The van der Waals surface area contributed by atoms with Crippen LogP contribution in [0.4, 0.5) is 5.69 Å². The van der Waals surface area contributed by atoms with Crippen molar-refractivity contribution in [3.05, 3.63) is 65.7 Å². The number of rotatable bonds is 8. The summed E-state index contributed by atoms with van der Waals surface area (Å²) in [6, 6.07) is 19.1. The summed E-state index contributed by atoms with van der Waals surface area (Å²) in [4.78, 5) is 28.9. The zero-order chi connectivity index (χ0) is 24.9. The largest absolute Gasteiger partial charge is 0.396 e. The van der Waals surface area contributed by atoms with E-state index < -0.39 is 0 Å². The highest BCUT2D eigenvalue weighted by Gasteiger charge is 2.48. The van der Waals surface area contributed by atoms with Crippen LogP contribution in [0.15, 0.2) is 54.6 Å². The first-order valence-electron chi connectivity index (χ1n) is 13.8. The van der Waals surface area contributed by atoms with Gasteiger partial charge in [-0.1, -0.05) is 67.8 Å². The molecule has 36 heavy (non-hydrogen) atoms. The summed E-state index contributed by atoms with van der Waals surface area (Å²) in [5.74, 6) is 0.398. The van der Waals surface area contributed by atoms with Gasteiger partial charge in [0.05, 0.1) is 18.0 Å². The molecule has 5 atom stereocenters. The molecule has 2 amide bonds. The highest BCUT2D eigenvalue weighted by Crippen LogP contribution is 2.51. The predicted molar refractivity (Wildman–Crippen MR) is 141 cm³/mol. The number of unbranched alkanes of at least 4 members (excludes halogenated alkanes) is 2. The third-order valence-corrected chi connectivity index (χ3v) is 8.40. The van der Waals surface area contributed by atoms with Gasteiger partial charge in [0.15, 0.2) is 0 Å². The molecule has 5 rings (SSSR count). The summed E-state index contributed by atoms with van der Waals surface area (Å²) < 4.78 is 0. The second-order valence-electron chi connectivity index (χ2n) is 10.6. The van der Waals surface area contributed by atoms with Gasteiger partial charge >= 0.3 is 0 Å². The molecule has 3 aliphatic rings. The molecule has 1 saturated carbocycles.